The van der Waals surface area contributed by atoms with Crippen LogP contribution in [0.5, 0.6) is 0 Å². The van der Waals surface area contributed by atoms with Crippen molar-refractivity contribution < 1.29 is 17.6 Å². The third-order valence-corrected chi connectivity index (χ3v) is 7.36. The van der Waals surface area contributed by atoms with Crippen molar-refractivity contribution in [2.75, 3.05) is 26.2 Å². The Kier molecular flexibility index (Phi) is 7.39. The van der Waals surface area contributed by atoms with Gasteiger partial charge >= 0.3 is 0 Å². The maximum atomic E-state index is 13.2. The molecule has 0 aliphatic carbocycles. The summed E-state index contributed by atoms with van der Waals surface area (Å²) in [7, 11) is -3.76. The van der Waals surface area contributed by atoms with Crippen LogP contribution in [0.1, 0.15) is 22.3 Å². The van der Waals surface area contributed by atoms with Crippen LogP contribution >= 0.6 is 11.6 Å². The zero-order valence-corrected chi connectivity index (χ0v) is 20.4. The van der Waals surface area contributed by atoms with Crippen LogP contribution in [-0.4, -0.2) is 62.4 Å². The molecule has 2 bridgehead atoms. The number of fused-ring (bicyclic) bond motifs is 2. The minimum Gasteiger partial charge on any atom is -0.328 e. The highest BCUT2D eigenvalue weighted by molar-refractivity contribution is 7.88. The Morgan fingerprint density at radius 1 is 1.21 bits per heavy atom. The largest absolute Gasteiger partial charge is 0.328 e. The third-order valence-electron chi connectivity index (χ3n) is 6.24. The van der Waals surface area contributed by atoms with Gasteiger partial charge < -0.3 is 10.2 Å². The minimum absolute atomic E-state index is 0.000872. The van der Waals surface area contributed by atoms with Crippen LogP contribution in [-0.2, 0) is 27.1 Å². The highest BCUT2D eigenvalue weighted by Gasteiger charge is 2.39. The van der Waals surface area contributed by atoms with Gasteiger partial charge in [0.1, 0.15) is 5.82 Å². The number of rotatable bonds is 6. The number of primary sulfonamides is 1. The number of hydrogen-bond donors (Lipinski definition) is 2. The topological polar surface area (TPSA) is 95.7 Å². The summed E-state index contributed by atoms with van der Waals surface area (Å²) in [4.78, 5) is 17.4. The monoisotopic (exact) mass is 506 g/mol. The predicted molar refractivity (Wildman–Crippen MR) is 131 cm³/mol. The molecule has 1 amide bonds. The van der Waals surface area contributed by atoms with Gasteiger partial charge in [0.2, 0.25) is 15.9 Å². The third kappa shape index (κ3) is 6.03. The molecular weight excluding hydrogens is 479 g/mol. The lowest BCUT2D eigenvalue weighted by molar-refractivity contribution is -0.136. The van der Waals surface area contributed by atoms with E-state index in [0.717, 1.165) is 11.1 Å². The van der Waals surface area contributed by atoms with Crippen molar-refractivity contribution in [1.29, 1.82) is 0 Å². The summed E-state index contributed by atoms with van der Waals surface area (Å²) in [5, 5.41) is 9.08. The number of piperazine rings is 2. The molecule has 2 aromatic carbocycles. The maximum Gasteiger partial charge on any atom is 0.247 e. The first kappa shape index (κ1) is 24.8. The first-order valence-corrected chi connectivity index (χ1v) is 13.2. The average Bonchev–Trinajstić information content (AvgIpc) is 2.75. The molecule has 3 N–H and O–H groups in total. The molecule has 2 aliphatic heterocycles. The SMILES string of the molecule is Cc1cc(/C=C/C(=O)N2C3CNCC2CN(Cc2ccc(F)cc2)C3)c(CS(N)(=O)=O)cc1Cl. The van der Waals surface area contributed by atoms with Gasteiger partial charge in [0.15, 0.2) is 0 Å². The Labute approximate surface area is 204 Å². The van der Waals surface area contributed by atoms with Gasteiger partial charge in [-0.25, -0.2) is 17.9 Å². The Morgan fingerprint density at radius 3 is 2.47 bits per heavy atom. The molecule has 0 saturated carbocycles. The number of nitrogens with zero attached hydrogens (tertiary/aromatic N) is 2. The molecule has 2 aliphatic rings. The van der Waals surface area contributed by atoms with Gasteiger partial charge in [-0.3, -0.25) is 9.69 Å². The summed E-state index contributed by atoms with van der Waals surface area (Å²) in [6.07, 6.45) is 3.14. The van der Waals surface area contributed by atoms with Crippen LogP contribution in [0, 0.1) is 12.7 Å². The van der Waals surface area contributed by atoms with Gasteiger partial charge in [0.05, 0.1) is 17.8 Å². The van der Waals surface area contributed by atoms with Gasteiger partial charge in [-0.1, -0.05) is 29.8 Å². The lowest BCUT2D eigenvalue weighted by Gasteiger charge is -2.50. The molecule has 4 rings (SSSR count). The molecule has 7 nitrogen and oxygen atoms in total. The summed E-state index contributed by atoms with van der Waals surface area (Å²) in [5.74, 6) is -0.736. The molecule has 2 unspecified atom stereocenters. The fourth-order valence-corrected chi connectivity index (χ4v) is 5.58. The first-order chi connectivity index (χ1) is 16.1. The fourth-order valence-electron chi connectivity index (χ4n) is 4.71. The van der Waals surface area contributed by atoms with Crippen LogP contribution in [0.3, 0.4) is 0 Å². The number of nitrogens with one attached hydrogen (secondary N) is 1. The first-order valence-electron chi connectivity index (χ1n) is 11.1. The van der Waals surface area contributed by atoms with E-state index in [4.69, 9.17) is 16.7 Å². The number of amides is 1. The lowest BCUT2D eigenvalue weighted by atomic mass is 10.00. The quantitative estimate of drug-likeness (QED) is 0.586. The summed E-state index contributed by atoms with van der Waals surface area (Å²) in [5.41, 5.74) is 2.87. The summed E-state index contributed by atoms with van der Waals surface area (Å²) in [6, 6.07) is 9.85. The number of sulfonamides is 1. The fraction of sp³-hybridized carbons (Fsp3) is 0.375. The van der Waals surface area contributed by atoms with Gasteiger partial charge in [0, 0.05) is 43.8 Å². The second-order valence-electron chi connectivity index (χ2n) is 8.97. The summed E-state index contributed by atoms with van der Waals surface area (Å²) >= 11 is 6.18. The number of carbonyl (C=O) groups is 1. The van der Waals surface area contributed by atoms with E-state index >= 15 is 0 Å². The predicted octanol–water partition coefficient (Wildman–Crippen LogP) is 2.27. The highest BCUT2D eigenvalue weighted by atomic mass is 35.5. The van der Waals surface area contributed by atoms with Crippen molar-refractivity contribution in [3.05, 3.63) is 75.6 Å². The standard InChI is InChI=1S/C24H28ClFN4O3S/c1-16-8-18(19(9-23(16)25)15-34(27,32)33)4-7-24(31)30-21-10-28-11-22(30)14-29(13-21)12-17-2-5-20(26)6-3-17/h2-9,21-22,28H,10-15H2,1H3,(H2,27,32,33)/b7-4+. The maximum absolute atomic E-state index is 13.2. The van der Waals surface area contributed by atoms with Crippen LogP contribution in [0.4, 0.5) is 4.39 Å². The molecular formula is C24H28ClFN4O3S. The van der Waals surface area contributed by atoms with Crippen LogP contribution in [0.15, 0.2) is 42.5 Å². The molecule has 0 aromatic heterocycles. The highest BCUT2D eigenvalue weighted by Crippen LogP contribution is 2.25. The Bertz CT molecular complexity index is 1190. The number of hydrogen-bond acceptors (Lipinski definition) is 5. The molecule has 34 heavy (non-hydrogen) atoms. The van der Waals surface area contributed by atoms with E-state index in [9.17, 15) is 17.6 Å². The van der Waals surface area contributed by atoms with Gasteiger partial charge in [-0.2, -0.15) is 0 Å². The number of halogens is 2. The van der Waals surface area contributed by atoms with Gasteiger partial charge in [-0.05, 0) is 53.5 Å². The van der Waals surface area contributed by atoms with Crippen LogP contribution < -0.4 is 10.5 Å². The van der Waals surface area contributed by atoms with E-state index in [1.807, 2.05) is 11.8 Å². The van der Waals surface area contributed by atoms with Crippen molar-refractivity contribution in [3.63, 3.8) is 0 Å². The van der Waals surface area contributed by atoms with E-state index < -0.39 is 10.0 Å². The lowest BCUT2D eigenvalue weighted by Crippen LogP contribution is -2.68. The van der Waals surface area contributed by atoms with Crippen molar-refractivity contribution in [3.8, 4) is 0 Å². The Hall–Kier alpha value is -2.30. The van der Waals surface area contributed by atoms with Crippen molar-refractivity contribution >= 4 is 33.6 Å². The second-order valence-corrected chi connectivity index (χ2v) is 11.0. The van der Waals surface area contributed by atoms with Crippen LogP contribution in [0.25, 0.3) is 6.08 Å². The van der Waals surface area contributed by atoms with Gasteiger partial charge in [0.25, 0.3) is 0 Å². The number of carbonyl (C=O) groups excluding carboxylic acids is 1. The molecule has 2 aromatic rings. The second kappa shape index (κ2) is 10.1. The van der Waals surface area contributed by atoms with E-state index in [2.05, 4.69) is 10.2 Å². The number of aryl methyl sites for hydroxylation is 1. The minimum atomic E-state index is -3.76. The molecule has 2 fully saturated rings. The van der Waals surface area contributed by atoms with Crippen LogP contribution in [0.2, 0.25) is 5.02 Å². The molecule has 10 heteroatoms. The average molecular weight is 507 g/mol. The normalized spacial score (nSPS) is 21.2. The number of nitrogens with two attached hydrogens (primary N) is 1. The number of benzene rings is 2. The van der Waals surface area contributed by atoms with E-state index in [0.29, 0.717) is 48.9 Å². The Balaban J connectivity index is 1.49. The molecule has 2 heterocycles. The van der Waals surface area contributed by atoms with Crippen molar-refractivity contribution in [1.82, 2.24) is 15.1 Å². The summed E-state index contributed by atoms with van der Waals surface area (Å²) in [6.45, 7) is 5.30. The van der Waals surface area contributed by atoms with E-state index in [1.165, 1.54) is 18.2 Å². The smallest absolute Gasteiger partial charge is 0.247 e. The van der Waals surface area contributed by atoms with Crippen molar-refractivity contribution in [2.45, 2.75) is 31.3 Å². The Morgan fingerprint density at radius 2 is 1.85 bits per heavy atom. The zero-order chi connectivity index (χ0) is 24.5. The molecule has 182 valence electrons. The molecule has 0 radical (unpaired) electrons. The zero-order valence-electron chi connectivity index (χ0n) is 18.9. The van der Waals surface area contributed by atoms with Gasteiger partial charge in [-0.15, -0.1) is 0 Å². The molecule has 2 saturated heterocycles. The molecule has 2 atom stereocenters. The van der Waals surface area contributed by atoms with E-state index in [-0.39, 0.29) is 29.6 Å². The summed E-state index contributed by atoms with van der Waals surface area (Å²) < 4.78 is 36.5. The molecule has 0 spiro atoms. The van der Waals surface area contributed by atoms with E-state index in [1.54, 1.807) is 30.3 Å². The van der Waals surface area contributed by atoms with Crippen molar-refractivity contribution in [2.24, 2.45) is 5.14 Å².